The smallest absolute Gasteiger partial charge is 0.335 e. The van der Waals surface area contributed by atoms with Crippen molar-refractivity contribution < 1.29 is 38.8 Å². The minimum absolute atomic E-state index is 0.0893. The molecule has 1 saturated heterocycles. The number of imidazole rings is 1. The van der Waals surface area contributed by atoms with Crippen molar-refractivity contribution in [2.75, 3.05) is 17.4 Å². The van der Waals surface area contributed by atoms with Gasteiger partial charge in [0.25, 0.3) is 0 Å². The third-order valence-electron chi connectivity index (χ3n) is 6.45. The predicted octanol–water partition coefficient (Wildman–Crippen LogP) is 2.66. The summed E-state index contributed by atoms with van der Waals surface area (Å²) in [6.45, 7) is 0.416. The van der Waals surface area contributed by atoms with Gasteiger partial charge in [0.15, 0.2) is 23.2 Å². The van der Waals surface area contributed by atoms with Crippen LogP contribution in [0.3, 0.4) is 0 Å². The molecule has 0 bridgehead atoms. The summed E-state index contributed by atoms with van der Waals surface area (Å²) in [6, 6.07) is 14.0. The molecule has 2 aromatic carbocycles. The number of anilines is 1. The average molecular weight is 598 g/mol. The Bertz CT molecular complexity index is 1610. The number of rotatable bonds is 9. The second-order valence-corrected chi connectivity index (χ2v) is 14.3. The van der Waals surface area contributed by atoms with Gasteiger partial charge in [0, 0.05) is 12.7 Å². The van der Waals surface area contributed by atoms with Crippen molar-refractivity contribution in [1.82, 2.24) is 19.5 Å². The minimum Gasteiger partial charge on any atom is -0.388 e. The fourth-order valence-electron chi connectivity index (χ4n) is 4.62. The highest BCUT2D eigenvalue weighted by Crippen LogP contribution is 2.55. The molecule has 5 rings (SSSR count). The zero-order chi connectivity index (χ0) is 27.9. The Labute approximate surface area is 227 Å². The molecular formula is C23H26ClN5O8P2. The van der Waals surface area contributed by atoms with E-state index in [1.807, 2.05) is 36.4 Å². The topological polar surface area (TPSA) is 200 Å². The van der Waals surface area contributed by atoms with Crippen LogP contribution in [-0.2, 0) is 20.4 Å². The largest absolute Gasteiger partial charge is 0.388 e. The molecule has 1 aliphatic heterocycles. The maximum Gasteiger partial charge on any atom is 0.335 e. The first-order chi connectivity index (χ1) is 18.4. The zero-order valence-electron chi connectivity index (χ0n) is 20.3. The highest BCUT2D eigenvalue weighted by atomic mass is 35.5. The molecule has 6 N–H and O–H groups in total. The van der Waals surface area contributed by atoms with E-state index in [0.717, 1.165) is 16.3 Å². The third-order valence-corrected chi connectivity index (χ3v) is 10.8. The number of aliphatic hydroxyl groups excluding tert-OH is 2. The van der Waals surface area contributed by atoms with Gasteiger partial charge in [0.05, 0.1) is 12.4 Å². The molecule has 5 unspecified atom stereocenters. The SMILES string of the molecule is O=P(O)(O)CP(=O)(O)CCC1OC(n2cnc3c(NCc4ccc5ccccc5c4)nc(Cl)nc32)C(O)C1O. The maximum absolute atomic E-state index is 12.2. The van der Waals surface area contributed by atoms with Crippen LogP contribution in [0, 0.1) is 0 Å². The first-order valence-electron chi connectivity index (χ1n) is 11.9. The summed E-state index contributed by atoms with van der Waals surface area (Å²) >= 11 is 6.19. The number of halogens is 1. The summed E-state index contributed by atoms with van der Waals surface area (Å²) in [5.74, 6) is -0.828. The number of ether oxygens (including phenoxy) is 1. The molecule has 16 heteroatoms. The summed E-state index contributed by atoms with van der Waals surface area (Å²) in [5, 5.41) is 26.5. The van der Waals surface area contributed by atoms with Crippen molar-refractivity contribution in [1.29, 1.82) is 0 Å². The highest BCUT2D eigenvalue weighted by Gasteiger charge is 2.45. The van der Waals surface area contributed by atoms with E-state index in [9.17, 15) is 24.2 Å². The van der Waals surface area contributed by atoms with Gasteiger partial charge in [-0.3, -0.25) is 13.7 Å². The summed E-state index contributed by atoms with van der Waals surface area (Å²) in [7, 11) is -8.91. The van der Waals surface area contributed by atoms with Gasteiger partial charge in [0.2, 0.25) is 12.7 Å². The van der Waals surface area contributed by atoms with Crippen LogP contribution >= 0.6 is 26.6 Å². The van der Waals surface area contributed by atoms with E-state index in [1.165, 1.54) is 10.9 Å². The van der Waals surface area contributed by atoms with E-state index in [0.29, 0.717) is 17.9 Å². The molecule has 13 nitrogen and oxygen atoms in total. The van der Waals surface area contributed by atoms with Crippen molar-refractivity contribution in [3.63, 3.8) is 0 Å². The van der Waals surface area contributed by atoms with Gasteiger partial charge >= 0.3 is 7.60 Å². The van der Waals surface area contributed by atoms with Gasteiger partial charge in [0.1, 0.15) is 18.1 Å². The molecule has 0 amide bonds. The Morgan fingerprint density at radius 1 is 1.03 bits per heavy atom. The molecular weight excluding hydrogens is 572 g/mol. The van der Waals surface area contributed by atoms with E-state index in [2.05, 4.69) is 26.3 Å². The molecule has 39 heavy (non-hydrogen) atoms. The molecule has 1 aliphatic rings. The Hall–Kier alpha value is -2.44. The van der Waals surface area contributed by atoms with E-state index in [-0.39, 0.29) is 17.4 Å². The van der Waals surface area contributed by atoms with Crippen LogP contribution in [0.1, 0.15) is 18.2 Å². The van der Waals surface area contributed by atoms with Crippen molar-refractivity contribution in [3.8, 4) is 0 Å². The Balaban J connectivity index is 1.34. The lowest BCUT2D eigenvalue weighted by Crippen LogP contribution is -2.32. The first-order valence-corrected chi connectivity index (χ1v) is 16.1. The lowest BCUT2D eigenvalue weighted by atomic mass is 10.1. The van der Waals surface area contributed by atoms with Crippen molar-refractivity contribution >= 4 is 54.3 Å². The summed E-state index contributed by atoms with van der Waals surface area (Å²) in [5.41, 5.74) is 1.56. The molecule has 0 spiro atoms. The second kappa shape index (κ2) is 10.9. The zero-order valence-corrected chi connectivity index (χ0v) is 22.8. The maximum atomic E-state index is 12.2. The second-order valence-electron chi connectivity index (χ2n) is 9.41. The fourth-order valence-corrected chi connectivity index (χ4v) is 8.31. The standard InChI is InChI=1S/C23H26ClN5O8P2/c24-23-27-20(25-10-13-5-6-14-3-1-2-4-15(14)9-13)17-21(28-23)29(11-26-17)22-19(31)18(30)16(37-22)7-8-38(32,33)12-39(34,35)36/h1-6,9,11,16,18-19,22,30-31H,7-8,10,12H2,(H,32,33)(H,25,27,28)(H2,34,35,36). The number of aromatic nitrogens is 4. The molecule has 2 aromatic heterocycles. The number of hydrogen-bond donors (Lipinski definition) is 6. The van der Waals surface area contributed by atoms with Crippen LogP contribution in [0.15, 0.2) is 48.8 Å². The summed E-state index contributed by atoms with van der Waals surface area (Å²) < 4.78 is 30.5. The monoisotopic (exact) mass is 597 g/mol. The van der Waals surface area contributed by atoms with Crippen LogP contribution in [0.25, 0.3) is 21.9 Å². The lowest BCUT2D eigenvalue weighted by Gasteiger charge is -2.18. The number of hydrogen-bond acceptors (Lipinski definition) is 9. The third kappa shape index (κ3) is 6.33. The lowest BCUT2D eigenvalue weighted by molar-refractivity contribution is -0.0354. The van der Waals surface area contributed by atoms with Gasteiger partial charge in [-0.2, -0.15) is 9.97 Å². The number of benzene rings is 2. The van der Waals surface area contributed by atoms with Crippen LogP contribution in [0.5, 0.6) is 0 Å². The number of aliphatic hydroxyl groups is 2. The number of nitrogens with zero attached hydrogens (tertiary/aromatic N) is 4. The van der Waals surface area contributed by atoms with Gasteiger partial charge in [-0.15, -0.1) is 0 Å². The van der Waals surface area contributed by atoms with Crippen molar-refractivity contribution in [3.05, 3.63) is 59.6 Å². The predicted molar refractivity (Wildman–Crippen MR) is 144 cm³/mol. The van der Waals surface area contributed by atoms with E-state index in [1.54, 1.807) is 0 Å². The van der Waals surface area contributed by atoms with Gasteiger partial charge in [-0.25, -0.2) is 4.98 Å². The van der Waals surface area contributed by atoms with Crippen molar-refractivity contribution in [2.45, 2.75) is 37.5 Å². The quantitative estimate of drug-likeness (QED) is 0.122. The molecule has 0 radical (unpaired) electrons. The van der Waals surface area contributed by atoms with Gasteiger partial charge in [-0.05, 0) is 40.4 Å². The van der Waals surface area contributed by atoms with Gasteiger partial charge in [-0.1, -0.05) is 36.4 Å². The average Bonchev–Trinajstić information content (AvgIpc) is 3.40. The Kier molecular flexibility index (Phi) is 7.82. The molecule has 1 fully saturated rings. The van der Waals surface area contributed by atoms with E-state index < -0.39 is 51.6 Å². The van der Waals surface area contributed by atoms with E-state index >= 15 is 0 Å². The minimum atomic E-state index is -4.71. The molecule has 0 saturated carbocycles. The van der Waals surface area contributed by atoms with Crippen LogP contribution in [-0.4, -0.2) is 74.8 Å². The van der Waals surface area contributed by atoms with Crippen LogP contribution < -0.4 is 5.32 Å². The fraction of sp³-hybridized carbons (Fsp3) is 0.348. The first kappa shape index (κ1) is 28.1. The molecule has 208 valence electrons. The normalized spacial score (nSPS) is 23.3. The Morgan fingerprint density at radius 2 is 1.77 bits per heavy atom. The number of fused-ring (bicyclic) bond motifs is 2. The molecule has 3 heterocycles. The molecule has 5 atom stereocenters. The number of nitrogens with one attached hydrogen (secondary N) is 1. The summed E-state index contributed by atoms with van der Waals surface area (Å²) in [6.07, 6.45) is -4.51. The molecule has 4 aromatic rings. The van der Waals surface area contributed by atoms with Crippen LogP contribution in [0.2, 0.25) is 5.28 Å². The van der Waals surface area contributed by atoms with Crippen molar-refractivity contribution in [2.24, 2.45) is 0 Å². The Morgan fingerprint density at radius 3 is 2.51 bits per heavy atom. The van der Waals surface area contributed by atoms with E-state index in [4.69, 9.17) is 26.1 Å². The van der Waals surface area contributed by atoms with Gasteiger partial charge < -0.3 is 34.9 Å². The highest BCUT2D eigenvalue weighted by molar-refractivity contribution is 7.72. The summed E-state index contributed by atoms with van der Waals surface area (Å²) in [4.78, 5) is 40.8. The van der Waals surface area contributed by atoms with Crippen LogP contribution in [0.4, 0.5) is 5.82 Å². The molecule has 0 aliphatic carbocycles.